The third kappa shape index (κ3) is 1.18. The Kier molecular flexibility index (Phi) is 1.35. The Bertz CT molecular complexity index is 98.3. The van der Waals surface area contributed by atoms with E-state index in [0.29, 0.717) is 0 Å². The fourth-order valence-corrected chi connectivity index (χ4v) is 0.704. The Morgan fingerprint density at radius 2 is 2.71 bits per heavy atom. The van der Waals surface area contributed by atoms with Gasteiger partial charge in [-0.25, -0.2) is 0 Å². The van der Waals surface area contributed by atoms with Crippen molar-refractivity contribution in [3.05, 3.63) is 17.7 Å². The minimum Gasteiger partial charge on any atom is -0.288 e. The van der Waals surface area contributed by atoms with Gasteiger partial charge in [-0.15, -0.1) is 0 Å². The number of hydrogen-bond acceptors (Lipinski definition) is 1. The molecule has 0 fully saturated rings. The maximum Gasteiger partial charge on any atom is 0.108 e. The summed E-state index contributed by atoms with van der Waals surface area (Å²) in [6.45, 7) is 3.78. The van der Waals surface area contributed by atoms with E-state index in [1.54, 1.807) is 0 Å². The average molecular weight is 116 g/mol. The molecule has 0 amide bonds. The van der Waals surface area contributed by atoms with Gasteiger partial charge >= 0.3 is 0 Å². The molecule has 1 heterocycles. The molecule has 1 nitrogen and oxygen atoms in total. The maximum absolute atomic E-state index is 5.52. The first kappa shape index (κ1) is 5.13. The Balaban J connectivity index is 2.42. The molecule has 0 N–H and O–H groups in total. The zero-order valence-corrected chi connectivity index (χ0v) is 4.87. The summed E-state index contributed by atoms with van der Waals surface area (Å²) in [6.07, 6.45) is 1.92. The molecule has 0 saturated carbocycles. The van der Waals surface area contributed by atoms with Crippen molar-refractivity contribution < 1.29 is 0 Å². The van der Waals surface area contributed by atoms with Gasteiger partial charge in [0.05, 0.1) is 0 Å². The lowest BCUT2D eigenvalue weighted by Crippen LogP contribution is -2.07. The van der Waals surface area contributed by atoms with E-state index in [4.69, 9.17) is 11.6 Å². The smallest absolute Gasteiger partial charge is 0.108 e. The number of nitrogens with zero attached hydrogens (tertiary/aromatic N) is 1. The summed E-state index contributed by atoms with van der Waals surface area (Å²) in [7, 11) is 1.94. The Morgan fingerprint density at radius 1 is 2.00 bits per heavy atom. The fraction of sp³-hybridized carbons (Fsp3) is 0.400. The first-order valence-electron chi connectivity index (χ1n) is 2.12. The zero-order valence-electron chi connectivity index (χ0n) is 4.11. The first-order valence-corrected chi connectivity index (χ1v) is 2.50. The molecule has 0 aromatic heterocycles. The molecule has 0 spiro atoms. The summed E-state index contributed by atoms with van der Waals surface area (Å²) in [5.74, 6) is 0. The monoisotopic (exact) mass is 115 g/mol. The molecular formula is C5H6ClN. The summed E-state index contributed by atoms with van der Waals surface area (Å²) in [4.78, 5) is 1.91. The summed E-state index contributed by atoms with van der Waals surface area (Å²) in [5, 5.41) is 0.725. The van der Waals surface area contributed by atoms with E-state index < -0.39 is 0 Å². The molecule has 0 bridgehead atoms. The minimum absolute atomic E-state index is 0.725. The lowest BCUT2D eigenvalue weighted by molar-refractivity contribution is 0.491. The standard InChI is InChI=1S/C5H6ClN/c1-7-3-2-5(6)4-7/h2H,3H2,1H3. The molecule has 0 saturated heterocycles. The molecule has 1 aliphatic rings. The van der Waals surface area contributed by atoms with Gasteiger partial charge in [0.25, 0.3) is 0 Å². The van der Waals surface area contributed by atoms with Crippen LogP contribution < -0.4 is 0 Å². The second-order valence-corrected chi connectivity index (χ2v) is 1.95. The molecule has 0 aromatic rings. The van der Waals surface area contributed by atoms with Crippen LogP contribution in [0.15, 0.2) is 11.1 Å². The summed E-state index contributed by atoms with van der Waals surface area (Å²) >= 11 is 5.52. The van der Waals surface area contributed by atoms with E-state index in [1.165, 1.54) is 0 Å². The highest BCUT2D eigenvalue weighted by Crippen LogP contribution is 2.14. The van der Waals surface area contributed by atoms with Gasteiger partial charge in [0.1, 0.15) is 6.54 Å². The predicted molar refractivity (Wildman–Crippen MR) is 29.8 cm³/mol. The predicted octanol–water partition coefficient (Wildman–Crippen LogP) is 1.09. The van der Waals surface area contributed by atoms with Gasteiger partial charge in [0.15, 0.2) is 0 Å². The largest absolute Gasteiger partial charge is 0.288 e. The topological polar surface area (TPSA) is 3.24 Å². The van der Waals surface area contributed by atoms with E-state index >= 15 is 0 Å². The van der Waals surface area contributed by atoms with Crippen molar-refractivity contribution in [2.24, 2.45) is 0 Å². The molecule has 38 valence electrons. The van der Waals surface area contributed by atoms with Gasteiger partial charge in [-0.3, -0.25) is 4.90 Å². The zero-order chi connectivity index (χ0) is 5.28. The third-order valence-corrected chi connectivity index (χ3v) is 1.08. The number of halogens is 1. The summed E-state index contributed by atoms with van der Waals surface area (Å²) in [6, 6.07) is 0. The van der Waals surface area contributed by atoms with Crippen molar-refractivity contribution in [1.29, 1.82) is 0 Å². The van der Waals surface area contributed by atoms with Gasteiger partial charge in [-0.05, 0) is 7.05 Å². The van der Waals surface area contributed by atoms with Gasteiger partial charge in [-0.2, -0.15) is 0 Å². The lowest BCUT2D eigenvalue weighted by Gasteiger charge is -2.00. The SMILES string of the molecule is CN1[C]C(Cl)=CC1. The molecule has 2 radical (unpaired) electrons. The highest BCUT2D eigenvalue weighted by Gasteiger charge is 2.06. The van der Waals surface area contributed by atoms with Crippen LogP contribution in [-0.2, 0) is 0 Å². The van der Waals surface area contributed by atoms with Gasteiger partial charge in [0, 0.05) is 11.6 Å². The van der Waals surface area contributed by atoms with Crippen LogP contribution in [0, 0.1) is 6.54 Å². The van der Waals surface area contributed by atoms with Gasteiger partial charge < -0.3 is 0 Å². The van der Waals surface area contributed by atoms with Crippen LogP contribution in [0.1, 0.15) is 0 Å². The van der Waals surface area contributed by atoms with Crippen LogP contribution in [0.3, 0.4) is 0 Å². The average Bonchev–Trinajstić information content (AvgIpc) is 1.87. The highest BCUT2D eigenvalue weighted by atomic mass is 35.5. The number of hydrogen-bond donors (Lipinski definition) is 0. The van der Waals surface area contributed by atoms with Crippen molar-refractivity contribution in [2.75, 3.05) is 13.6 Å². The maximum atomic E-state index is 5.52. The quantitative estimate of drug-likeness (QED) is 0.457. The molecule has 0 aliphatic carbocycles. The Labute approximate surface area is 48.6 Å². The molecule has 0 unspecified atom stereocenters. The summed E-state index contributed by atoms with van der Waals surface area (Å²) in [5.41, 5.74) is 0. The molecule has 7 heavy (non-hydrogen) atoms. The second kappa shape index (κ2) is 1.85. The van der Waals surface area contributed by atoms with E-state index in [-0.39, 0.29) is 0 Å². The van der Waals surface area contributed by atoms with Gasteiger partial charge in [0.2, 0.25) is 0 Å². The third-order valence-electron chi connectivity index (χ3n) is 0.842. The molecule has 1 rings (SSSR count). The van der Waals surface area contributed by atoms with E-state index in [1.807, 2.05) is 18.0 Å². The molecule has 1 aliphatic heterocycles. The van der Waals surface area contributed by atoms with Crippen molar-refractivity contribution in [3.8, 4) is 0 Å². The molecule has 2 heteroatoms. The van der Waals surface area contributed by atoms with Crippen LogP contribution in [0.5, 0.6) is 0 Å². The van der Waals surface area contributed by atoms with Crippen molar-refractivity contribution in [1.82, 2.24) is 4.90 Å². The number of likely N-dealkylation sites (N-methyl/N-ethyl adjacent to an activating group) is 1. The van der Waals surface area contributed by atoms with E-state index in [0.717, 1.165) is 11.6 Å². The van der Waals surface area contributed by atoms with Crippen molar-refractivity contribution in [3.63, 3.8) is 0 Å². The second-order valence-electron chi connectivity index (χ2n) is 1.54. The van der Waals surface area contributed by atoms with Crippen LogP contribution in [-0.4, -0.2) is 18.5 Å². The van der Waals surface area contributed by atoms with Crippen molar-refractivity contribution >= 4 is 11.6 Å². The van der Waals surface area contributed by atoms with E-state index in [2.05, 4.69) is 6.54 Å². The van der Waals surface area contributed by atoms with Crippen LogP contribution in [0.2, 0.25) is 0 Å². The highest BCUT2D eigenvalue weighted by molar-refractivity contribution is 6.30. The molecular weight excluding hydrogens is 110 g/mol. The normalized spacial score (nSPS) is 22.9. The Hall–Kier alpha value is -0.0100. The molecule has 0 atom stereocenters. The van der Waals surface area contributed by atoms with Gasteiger partial charge in [-0.1, -0.05) is 17.7 Å². The molecule has 0 aromatic carbocycles. The Morgan fingerprint density at radius 3 is 2.86 bits per heavy atom. The van der Waals surface area contributed by atoms with E-state index in [9.17, 15) is 0 Å². The van der Waals surface area contributed by atoms with Crippen LogP contribution >= 0.6 is 11.6 Å². The summed E-state index contributed by atoms with van der Waals surface area (Å²) < 4.78 is 0. The minimum atomic E-state index is 0.725. The first-order chi connectivity index (χ1) is 3.29. The fourth-order valence-electron chi connectivity index (χ4n) is 0.491. The number of rotatable bonds is 0. The van der Waals surface area contributed by atoms with Crippen LogP contribution in [0.4, 0.5) is 0 Å². The van der Waals surface area contributed by atoms with Crippen LogP contribution in [0.25, 0.3) is 0 Å². The lowest BCUT2D eigenvalue weighted by atomic mass is 10.6. The van der Waals surface area contributed by atoms with Crippen molar-refractivity contribution in [2.45, 2.75) is 0 Å².